The first kappa shape index (κ1) is 25.3. The van der Waals surface area contributed by atoms with Gasteiger partial charge in [0.05, 0.1) is 17.1 Å². The van der Waals surface area contributed by atoms with E-state index in [2.05, 4.69) is 22.4 Å². The number of nitrogens with zero attached hydrogens (tertiary/aromatic N) is 4. The average molecular weight is 510 g/mol. The molecule has 0 bridgehead atoms. The van der Waals surface area contributed by atoms with E-state index in [-0.39, 0.29) is 29.9 Å². The van der Waals surface area contributed by atoms with E-state index in [4.69, 9.17) is 33.6 Å². The van der Waals surface area contributed by atoms with Gasteiger partial charge in [-0.15, -0.1) is 0 Å². The molecule has 1 aliphatic rings. The molecule has 2 atom stereocenters. The molecule has 11 heteroatoms. The van der Waals surface area contributed by atoms with Crippen molar-refractivity contribution in [3.05, 3.63) is 57.1 Å². The average Bonchev–Trinajstić information content (AvgIpc) is 2.85. The molecule has 0 spiro atoms. The fourth-order valence-electron chi connectivity index (χ4n) is 4.43. The summed E-state index contributed by atoms with van der Waals surface area (Å²) in [5.41, 5.74) is 7.63. The summed E-state index contributed by atoms with van der Waals surface area (Å²) in [5.74, 6) is 1.07. The van der Waals surface area contributed by atoms with Crippen LogP contribution in [0.5, 0.6) is 5.75 Å². The number of rotatable bonds is 6. The first-order chi connectivity index (χ1) is 17.2. The van der Waals surface area contributed by atoms with E-state index in [0.717, 1.165) is 18.4 Å². The molecule has 0 radical (unpaired) electrons. The highest BCUT2D eigenvalue weighted by atomic mass is 35.5. The summed E-state index contributed by atoms with van der Waals surface area (Å²) in [6, 6.07) is 8.67. The maximum Gasteiger partial charge on any atom is 0.293 e. The lowest BCUT2D eigenvalue weighted by Gasteiger charge is -2.36. The van der Waals surface area contributed by atoms with Gasteiger partial charge in [0.2, 0.25) is 5.69 Å². The molecule has 1 amide bonds. The Kier molecular flexibility index (Phi) is 7.33. The monoisotopic (exact) mass is 509 g/mol. The predicted octanol–water partition coefficient (Wildman–Crippen LogP) is 3.18. The molecule has 3 aromatic rings. The Morgan fingerprint density at radius 3 is 2.81 bits per heavy atom. The van der Waals surface area contributed by atoms with Crippen LogP contribution in [0.2, 0.25) is 5.02 Å². The highest BCUT2D eigenvalue weighted by Crippen LogP contribution is 2.37. The van der Waals surface area contributed by atoms with Crippen molar-refractivity contribution >= 4 is 51.4 Å². The Morgan fingerprint density at radius 1 is 1.33 bits per heavy atom. The Balaban J connectivity index is 1.68. The SMILES string of the molecule is [C-]#[N+]c1cc(Cl)c(Nc2ccc3c(c2)cc(OCC(=O)NC)c(=O)n3C)nc1N1C[C@H](C)C[C@H](N)C1. The number of nitrogens with two attached hydrogens (primary N) is 1. The standard InChI is InChI=1S/C25H28ClN7O3/c1-14-7-16(27)12-33(11-14)24-19(28-2)10-18(26)23(31-24)30-17-5-6-20-15(8-17)9-21(25(35)32(20)4)36-13-22(34)29-3/h5-6,8-10,14,16H,7,11-13,27H2,1,3-4H3,(H,29,34)(H,30,31)/t14-,16+/m1/s1. The Bertz CT molecular complexity index is 1410. The van der Waals surface area contributed by atoms with Gasteiger partial charge in [-0.2, -0.15) is 0 Å². The highest BCUT2D eigenvalue weighted by Gasteiger charge is 2.26. The number of halogens is 1. The summed E-state index contributed by atoms with van der Waals surface area (Å²) in [6.45, 7) is 10.8. The van der Waals surface area contributed by atoms with Crippen molar-refractivity contribution in [1.82, 2.24) is 14.9 Å². The number of pyridine rings is 2. The van der Waals surface area contributed by atoms with Crippen LogP contribution in [0.1, 0.15) is 13.3 Å². The second kappa shape index (κ2) is 10.4. The molecule has 4 N–H and O–H groups in total. The Morgan fingerprint density at radius 2 is 2.11 bits per heavy atom. The molecule has 3 heterocycles. The summed E-state index contributed by atoms with van der Waals surface area (Å²) in [5, 5.41) is 6.73. The molecule has 10 nitrogen and oxygen atoms in total. The van der Waals surface area contributed by atoms with Gasteiger partial charge >= 0.3 is 0 Å². The Hall–Kier alpha value is -3.81. The minimum absolute atomic E-state index is 0.00756. The van der Waals surface area contributed by atoms with Crippen LogP contribution in [0.25, 0.3) is 15.7 Å². The normalized spacial score (nSPS) is 17.5. The van der Waals surface area contributed by atoms with Crippen LogP contribution in [-0.2, 0) is 11.8 Å². The van der Waals surface area contributed by atoms with E-state index in [1.165, 1.54) is 11.6 Å². The minimum Gasteiger partial charge on any atom is -0.478 e. The number of hydrogen-bond donors (Lipinski definition) is 3. The van der Waals surface area contributed by atoms with Crippen LogP contribution in [0.3, 0.4) is 0 Å². The van der Waals surface area contributed by atoms with Crippen molar-refractivity contribution in [2.75, 3.05) is 37.0 Å². The number of aryl methyl sites for hydroxylation is 1. The molecular weight excluding hydrogens is 482 g/mol. The third-order valence-electron chi connectivity index (χ3n) is 6.14. The van der Waals surface area contributed by atoms with Gasteiger partial charge in [-0.3, -0.25) is 9.59 Å². The number of carbonyl (C=O) groups excluding carboxylic acids is 1. The molecule has 1 aliphatic heterocycles. The molecule has 188 valence electrons. The molecule has 0 unspecified atom stereocenters. The molecule has 0 aliphatic carbocycles. The topological polar surface area (TPSA) is 119 Å². The maximum atomic E-state index is 12.6. The smallest absolute Gasteiger partial charge is 0.293 e. The number of carbonyl (C=O) groups is 1. The Labute approximate surface area is 213 Å². The molecule has 1 saturated heterocycles. The quantitative estimate of drug-likeness (QED) is 0.437. The number of aromatic nitrogens is 2. The first-order valence-corrected chi connectivity index (χ1v) is 11.9. The van der Waals surface area contributed by atoms with Gasteiger partial charge in [0, 0.05) is 44.3 Å². The van der Waals surface area contributed by atoms with Crippen molar-refractivity contribution in [3.63, 3.8) is 0 Å². The van der Waals surface area contributed by atoms with Crippen LogP contribution >= 0.6 is 11.6 Å². The number of piperidine rings is 1. The van der Waals surface area contributed by atoms with Gasteiger partial charge in [0.1, 0.15) is 11.6 Å². The number of nitrogens with one attached hydrogen (secondary N) is 2. The van der Waals surface area contributed by atoms with Crippen molar-refractivity contribution in [1.29, 1.82) is 0 Å². The second-order valence-corrected chi connectivity index (χ2v) is 9.42. The molecule has 2 aromatic heterocycles. The van der Waals surface area contributed by atoms with E-state index in [1.54, 1.807) is 25.2 Å². The van der Waals surface area contributed by atoms with Gasteiger partial charge in [-0.1, -0.05) is 18.5 Å². The van der Waals surface area contributed by atoms with Gasteiger partial charge in [0.25, 0.3) is 11.5 Å². The van der Waals surface area contributed by atoms with Crippen LogP contribution in [0, 0.1) is 12.5 Å². The van der Waals surface area contributed by atoms with E-state index < -0.39 is 0 Å². The molecule has 36 heavy (non-hydrogen) atoms. The fourth-order valence-corrected chi connectivity index (χ4v) is 4.62. The largest absolute Gasteiger partial charge is 0.478 e. The van der Waals surface area contributed by atoms with E-state index in [0.29, 0.717) is 46.0 Å². The lowest BCUT2D eigenvalue weighted by molar-refractivity contribution is -0.122. The highest BCUT2D eigenvalue weighted by molar-refractivity contribution is 6.33. The van der Waals surface area contributed by atoms with Crippen molar-refractivity contribution in [3.8, 4) is 5.75 Å². The fraction of sp³-hybridized carbons (Fsp3) is 0.360. The lowest BCUT2D eigenvalue weighted by Crippen LogP contribution is -2.46. The number of fused-ring (bicyclic) bond motifs is 1. The lowest BCUT2D eigenvalue weighted by atomic mass is 9.96. The summed E-state index contributed by atoms with van der Waals surface area (Å²) >= 11 is 6.49. The van der Waals surface area contributed by atoms with Crippen LogP contribution in [0.15, 0.2) is 35.1 Å². The number of ether oxygens (including phenoxy) is 1. The molecule has 1 aromatic carbocycles. The zero-order valence-corrected chi connectivity index (χ0v) is 21.1. The molecular formula is C25H28ClN7O3. The van der Waals surface area contributed by atoms with Crippen molar-refractivity contribution in [2.24, 2.45) is 18.7 Å². The zero-order chi connectivity index (χ0) is 26.0. The van der Waals surface area contributed by atoms with Crippen LogP contribution in [-0.4, -0.2) is 48.2 Å². The minimum atomic E-state index is -0.342. The number of hydrogen-bond acceptors (Lipinski definition) is 7. The third kappa shape index (κ3) is 5.22. The van der Waals surface area contributed by atoms with Crippen molar-refractivity contribution < 1.29 is 9.53 Å². The third-order valence-corrected chi connectivity index (χ3v) is 6.43. The molecule has 4 rings (SSSR count). The van der Waals surface area contributed by atoms with Gasteiger partial charge in [-0.25, -0.2) is 9.83 Å². The van der Waals surface area contributed by atoms with E-state index in [1.807, 2.05) is 17.0 Å². The number of anilines is 3. The maximum absolute atomic E-state index is 12.6. The summed E-state index contributed by atoms with van der Waals surface area (Å²) in [6.07, 6.45) is 0.928. The van der Waals surface area contributed by atoms with Gasteiger partial charge in [-0.05, 0) is 42.7 Å². The van der Waals surface area contributed by atoms with Gasteiger partial charge < -0.3 is 30.6 Å². The molecule has 0 saturated carbocycles. The number of likely N-dealkylation sites (N-methyl/N-ethyl adjacent to an activating group) is 1. The molecule has 1 fully saturated rings. The zero-order valence-electron chi connectivity index (χ0n) is 20.3. The number of amides is 1. The summed E-state index contributed by atoms with van der Waals surface area (Å²) < 4.78 is 6.90. The van der Waals surface area contributed by atoms with Crippen molar-refractivity contribution in [2.45, 2.75) is 19.4 Å². The van der Waals surface area contributed by atoms with E-state index >= 15 is 0 Å². The van der Waals surface area contributed by atoms with E-state index in [9.17, 15) is 9.59 Å². The second-order valence-electron chi connectivity index (χ2n) is 9.01. The van der Waals surface area contributed by atoms with Crippen LogP contribution < -0.4 is 31.6 Å². The summed E-state index contributed by atoms with van der Waals surface area (Å²) in [4.78, 5) is 34.6. The number of benzene rings is 1. The predicted molar refractivity (Wildman–Crippen MR) is 142 cm³/mol. The first-order valence-electron chi connectivity index (χ1n) is 11.5. The van der Waals surface area contributed by atoms with Gasteiger partial charge in [0.15, 0.2) is 12.4 Å². The summed E-state index contributed by atoms with van der Waals surface area (Å²) in [7, 11) is 3.14. The van der Waals surface area contributed by atoms with Crippen LogP contribution in [0.4, 0.5) is 23.0 Å².